The van der Waals surface area contributed by atoms with Crippen molar-refractivity contribution in [2.45, 2.75) is 30.5 Å². The molecule has 3 heterocycles. The molecule has 0 aliphatic carbocycles. The third-order valence-electron chi connectivity index (χ3n) is 4.13. The van der Waals surface area contributed by atoms with Crippen molar-refractivity contribution >= 4 is 29.0 Å². The van der Waals surface area contributed by atoms with Gasteiger partial charge in [0.25, 0.3) is 5.69 Å². The Morgan fingerprint density at radius 1 is 1.40 bits per heavy atom. The molecule has 126 valence electrons. The fourth-order valence-corrected chi connectivity index (χ4v) is 3.78. The molecule has 0 aromatic carbocycles. The molecule has 2 aromatic heterocycles. The maximum Gasteiger partial charge on any atom is 0.251 e. The number of anilines is 2. The Hall–Kier alpha value is -2.77. The van der Waals surface area contributed by atoms with Gasteiger partial charge in [-0.3, -0.25) is 4.98 Å². The Bertz CT molecular complexity index is 857. The lowest BCUT2D eigenvalue weighted by atomic mass is 10.2. The second kappa shape index (κ2) is 7.42. The van der Waals surface area contributed by atoms with Crippen LogP contribution in [0.15, 0.2) is 23.4 Å². The van der Waals surface area contributed by atoms with Crippen LogP contribution in [0.4, 0.5) is 17.2 Å². The van der Waals surface area contributed by atoms with Crippen molar-refractivity contribution in [3.8, 4) is 6.07 Å². The fourth-order valence-electron chi connectivity index (χ4n) is 2.86. The van der Waals surface area contributed by atoms with E-state index in [4.69, 9.17) is 12.3 Å². The number of nitriles is 1. The van der Waals surface area contributed by atoms with Crippen LogP contribution in [0.2, 0.25) is 0 Å². The number of hydrogen-bond acceptors (Lipinski definition) is 6. The van der Waals surface area contributed by atoms with Gasteiger partial charge in [-0.15, -0.1) is 11.8 Å². The van der Waals surface area contributed by atoms with E-state index >= 15 is 0 Å². The predicted molar refractivity (Wildman–Crippen MR) is 99.6 cm³/mol. The largest absolute Gasteiger partial charge is 0.392 e. The van der Waals surface area contributed by atoms with Crippen molar-refractivity contribution in [3.05, 3.63) is 46.6 Å². The molecule has 1 fully saturated rings. The normalized spacial score (nSPS) is 13.5. The molecule has 1 saturated heterocycles. The van der Waals surface area contributed by atoms with Gasteiger partial charge in [0.1, 0.15) is 16.9 Å². The van der Waals surface area contributed by atoms with E-state index in [2.05, 4.69) is 25.8 Å². The van der Waals surface area contributed by atoms with Crippen LogP contribution in [-0.2, 0) is 5.75 Å². The van der Waals surface area contributed by atoms with Gasteiger partial charge in [0.05, 0.1) is 17.8 Å². The van der Waals surface area contributed by atoms with Crippen LogP contribution in [0.3, 0.4) is 0 Å². The molecule has 0 spiro atoms. The number of aryl methyl sites for hydroxylation is 1. The van der Waals surface area contributed by atoms with Crippen LogP contribution in [0.25, 0.3) is 4.85 Å². The van der Waals surface area contributed by atoms with Gasteiger partial charge < -0.3 is 10.6 Å². The van der Waals surface area contributed by atoms with Gasteiger partial charge in [-0.25, -0.2) is 9.83 Å². The van der Waals surface area contributed by atoms with E-state index < -0.39 is 0 Å². The van der Waals surface area contributed by atoms with Crippen LogP contribution in [0, 0.1) is 24.8 Å². The Morgan fingerprint density at radius 2 is 2.16 bits per heavy atom. The zero-order chi connectivity index (χ0) is 17.8. The van der Waals surface area contributed by atoms with Gasteiger partial charge in [-0.1, -0.05) is 6.07 Å². The average Bonchev–Trinajstić information content (AvgIpc) is 3.14. The Morgan fingerprint density at radius 3 is 2.76 bits per heavy atom. The summed E-state index contributed by atoms with van der Waals surface area (Å²) in [5.41, 5.74) is 9.43. The number of nitrogens with zero attached hydrogens (tertiary/aromatic N) is 5. The van der Waals surface area contributed by atoms with Crippen molar-refractivity contribution < 1.29 is 0 Å². The van der Waals surface area contributed by atoms with E-state index in [0.717, 1.165) is 37.2 Å². The molecule has 1 aliphatic rings. The highest BCUT2D eigenvalue weighted by Gasteiger charge is 2.25. The number of hydrogen-bond donors (Lipinski definition) is 1. The summed E-state index contributed by atoms with van der Waals surface area (Å²) in [6.45, 7) is 11.1. The first-order valence-electron chi connectivity index (χ1n) is 8.04. The summed E-state index contributed by atoms with van der Waals surface area (Å²) >= 11 is 1.45. The monoisotopic (exact) mass is 350 g/mol. The van der Waals surface area contributed by atoms with Crippen LogP contribution in [-0.4, -0.2) is 23.1 Å². The third-order valence-corrected chi connectivity index (χ3v) is 5.18. The van der Waals surface area contributed by atoms with Gasteiger partial charge in [0.2, 0.25) is 0 Å². The van der Waals surface area contributed by atoms with E-state index in [0.29, 0.717) is 27.7 Å². The fraction of sp³-hybridized carbons (Fsp3) is 0.333. The minimum Gasteiger partial charge on any atom is -0.392 e. The van der Waals surface area contributed by atoms with Gasteiger partial charge in [0, 0.05) is 30.7 Å². The second-order valence-electron chi connectivity index (χ2n) is 5.89. The summed E-state index contributed by atoms with van der Waals surface area (Å²) < 4.78 is 0. The first-order chi connectivity index (χ1) is 12.1. The van der Waals surface area contributed by atoms with Gasteiger partial charge >= 0.3 is 0 Å². The molecule has 2 aromatic rings. The van der Waals surface area contributed by atoms with E-state index in [-0.39, 0.29) is 5.82 Å². The highest BCUT2D eigenvalue weighted by Crippen LogP contribution is 2.42. The molecule has 0 unspecified atom stereocenters. The Balaban J connectivity index is 1.97. The SMILES string of the molecule is [C-]#[N+]c1c(N)nc(SCc2ccc(C)nc2)c(C#N)c1N1CCCC1. The number of rotatable bonds is 4. The van der Waals surface area contributed by atoms with Crippen LogP contribution < -0.4 is 10.6 Å². The lowest BCUT2D eigenvalue weighted by Gasteiger charge is -2.22. The second-order valence-corrected chi connectivity index (χ2v) is 6.85. The van der Waals surface area contributed by atoms with E-state index in [1.54, 1.807) is 0 Å². The number of nitrogens with two attached hydrogens (primary N) is 1. The van der Waals surface area contributed by atoms with Crippen LogP contribution in [0.5, 0.6) is 0 Å². The molecule has 0 bridgehead atoms. The molecule has 3 rings (SSSR count). The van der Waals surface area contributed by atoms with Gasteiger partial charge in [0.15, 0.2) is 0 Å². The highest BCUT2D eigenvalue weighted by atomic mass is 32.2. The number of aromatic nitrogens is 2. The Kier molecular flexibility index (Phi) is 5.06. The molecule has 0 radical (unpaired) electrons. The molecule has 1 aliphatic heterocycles. The van der Waals surface area contributed by atoms with Crippen LogP contribution >= 0.6 is 11.8 Å². The van der Waals surface area contributed by atoms with Crippen LogP contribution in [0.1, 0.15) is 29.7 Å². The van der Waals surface area contributed by atoms with E-state index in [9.17, 15) is 5.26 Å². The molecule has 6 nitrogen and oxygen atoms in total. The summed E-state index contributed by atoms with van der Waals surface area (Å²) in [6.07, 6.45) is 3.94. The summed E-state index contributed by atoms with van der Waals surface area (Å²) in [7, 11) is 0. The van der Waals surface area contributed by atoms with Gasteiger partial charge in [-0.05, 0) is 31.4 Å². The lowest BCUT2D eigenvalue weighted by molar-refractivity contribution is 0.949. The molecule has 0 amide bonds. The molecule has 25 heavy (non-hydrogen) atoms. The van der Waals surface area contributed by atoms with Crippen molar-refractivity contribution in [1.82, 2.24) is 9.97 Å². The summed E-state index contributed by atoms with van der Waals surface area (Å²) in [5.74, 6) is 0.839. The molecule has 0 atom stereocenters. The molecule has 2 N–H and O–H groups in total. The Labute approximate surface area is 151 Å². The minimum absolute atomic E-state index is 0.195. The quantitative estimate of drug-likeness (QED) is 0.669. The van der Waals surface area contributed by atoms with E-state index in [1.807, 2.05) is 25.3 Å². The molecular formula is C18H18N6S. The lowest BCUT2D eigenvalue weighted by Crippen LogP contribution is -2.20. The zero-order valence-corrected chi connectivity index (χ0v) is 14.8. The average molecular weight is 350 g/mol. The molecule has 0 saturated carbocycles. The minimum atomic E-state index is 0.195. The predicted octanol–water partition coefficient (Wildman–Crippen LogP) is 3.68. The van der Waals surface area contributed by atoms with Crippen molar-refractivity contribution in [3.63, 3.8) is 0 Å². The smallest absolute Gasteiger partial charge is 0.251 e. The maximum atomic E-state index is 9.72. The van der Waals surface area contributed by atoms with Crippen molar-refractivity contribution in [2.24, 2.45) is 0 Å². The highest BCUT2D eigenvalue weighted by molar-refractivity contribution is 7.98. The summed E-state index contributed by atoms with van der Waals surface area (Å²) in [5, 5.41) is 10.3. The topological polar surface area (TPSA) is 83.2 Å². The maximum absolute atomic E-state index is 9.72. The number of pyridine rings is 2. The van der Waals surface area contributed by atoms with Crippen molar-refractivity contribution in [2.75, 3.05) is 23.7 Å². The molecular weight excluding hydrogens is 332 g/mol. The first kappa shape index (κ1) is 17.1. The number of nitrogen functional groups attached to an aromatic ring is 1. The standard InChI is InChI=1S/C18H18N6S/c1-12-5-6-13(10-22-12)11-25-18-14(9-19)16(24-7-3-4-8-24)15(21-2)17(20)23-18/h5-6,10H,3-4,7-8,11H2,1H3,(H2,20,23). The zero-order valence-electron chi connectivity index (χ0n) is 14.0. The van der Waals surface area contributed by atoms with Crippen molar-refractivity contribution in [1.29, 1.82) is 5.26 Å². The number of thioether (sulfide) groups is 1. The molecule has 7 heteroatoms. The third kappa shape index (κ3) is 3.52. The van der Waals surface area contributed by atoms with E-state index in [1.165, 1.54) is 11.8 Å². The summed E-state index contributed by atoms with van der Waals surface area (Å²) in [6, 6.07) is 6.22. The first-order valence-corrected chi connectivity index (χ1v) is 9.03. The summed E-state index contributed by atoms with van der Waals surface area (Å²) in [4.78, 5) is 14.3. The van der Waals surface area contributed by atoms with Gasteiger partial charge in [-0.2, -0.15) is 5.26 Å².